The molecule has 14 heavy (non-hydrogen) atoms. The third-order valence-corrected chi connectivity index (χ3v) is 4.70. The van der Waals surface area contributed by atoms with Gasteiger partial charge in [-0.05, 0) is 30.7 Å². The molecule has 1 aliphatic rings. The summed E-state index contributed by atoms with van der Waals surface area (Å²) in [5.41, 5.74) is 1.19. The minimum absolute atomic E-state index is 0.238. The Hall–Kier alpha value is 0.680. The van der Waals surface area contributed by atoms with Gasteiger partial charge in [0.1, 0.15) is 0 Å². The van der Waals surface area contributed by atoms with Crippen molar-refractivity contribution in [1.82, 2.24) is 0 Å². The van der Waals surface area contributed by atoms with Crippen molar-refractivity contribution < 1.29 is 4.74 Å². The molecule has 0 saturated carbocycles. The molecule has 2 unspecified atom stereocenters. The molecule has 1 aromatic heterocycles. The molecule has 0 bridgehead atoms. The number of halogens is 2. The number of ether oxygens (including phenoxy) is 1. The van der Waals surface area contributed by atoms with E-state index in [0.717, 1.165) is 15.2 Å². The Kier molecular flexibility index (Phi) is 4.10. The zero-order valence-corrected chi connectivity index (χ0v) is 11.4. The van der Waals surface area contributed by atoms with Crippen LogP contribution in [-0.2, 0) is 4.74 Å². The smallest absolute Gasteiger partial charge is 0.0986 e. The Morgan fingerprint density at radius 3 is 3.07 bits per heavy atom. The van der Waals surface area contributed by atoms with Crippen molar-refractivity contribution >= 4 is 45.5 Å². The van der Waals surface area contributed by atoms with E-state index in [0.29, 0.717) is 6.10 Å². The number of alkyl halides is 1. The second kappa shape index (κ2) is 5.14. The van der Waals surface area contributed by atoms with Gasteiger partial charge in [-0.3, -0.25) is 0 Å². The zero-order valence-electron chi connectivity index (χ0n) is 7.71. The lowest BCUT2D eigenvalue weighted by Gasteiger charge is -2.28. The maximum absolute atomic E-state index is 6.10. The summed E-state index contributed by atoms with van der Waals surface area (Å²) in [4.78, 5) is 0. The molecule has 1 aliphatic heterocycles. The van der Waals surface area contributed by atoms with Gasteiger partial charge in [-0.2, -0.15) is 0 Å². The quantitative estimate of drug-likeness (QED) is 0.570. The molecule has 2 heterocycles. The molecule has 1 fully saturated rings. The molecule has 2 rings (SSSR count). The third-order valence-electron chi connectivity index (χ3n) is 2.51. The zero-order chi connectivity index (χ0) is 9.97. The van der Waals surface area contributed by atoms with Crippen LogP contribution < -0.4 is 0 Å². The fraction of sp³-hybridized carbons (Fsp3) is 0.600. The van der Waals surface area contributed by atoms with Crippen molar-refractivity contribution in [1.29, 1.82) is 0 Å². The molecule has 1 nitrogen and oxygen atoms in total. The molecule has 2 atom stereocenters. The number of hydrogen-bond acceptors (Lipinski definition) is 2. The van der Waals surface area contributed by atoms with E-state index in [9.17, 15) is 0 Å². The highest BCUT2D eigenvalue weighted by atomic mass is 127. The van der Waals surface area contributed by atoms with Crippen LogP contribution in [0.15, 0.2) is 11.4 Å². The average Bonchev–Trinajstić information content (AvgIpc) is 2.65. The van der Waals surface area contributed by atoms with E-state index >= 15 is 0 Å². The highest BCUT2D eigenvalue weighted by molar-refractivity contribution is 14.1. The summed E-state index contributed by atoms with van der Waals surface area (Å²) in [6.07, 6.45) is 4.22. The molecule has 78 valence electrons. The Labute approximate surface area is 107 Å². The van der Waals surface area contributed by atoms with Gasteiger partial charge in [0, 0.05) is 9.99 Å². The highest BCUT2D eigenvalue weighted by Crippen LogP contribution is 2.37. The Balaban J connectivity index is 2.08. The van der Waals surface area contributed by atoms with Crippen molar-refractivity contribution in [2.75, 3.05) is 4.43 Å². The minimum atomic E-state index is 0.238. The van der Waals surface area contributed by atoms with Crippen LogP contribution >= 0.6 is 45.5 Å². The van der Waals surface area contributed by atoms with Gasteiger partial charge in [0.05, 0.1) is 16.5 Å². The average molecular weight is 343 g/mol. The first kappa shape index (κ1) is 11.2. The summed E-state index contributed by atoms with van der Waals surface area (Å²) in [5, 5.41) is 2.04. The van der Waals surface area contributed by atoms with Crippen LogP contribution in [0.5, 0.6) is 0 Å². The van der Waals surface area contributed by atoms with E-state index in [-0.39, 0.29) is 6.10 Å². The SMILES string of the molecule is Clc1sccc1C1CCCC(CI)O1. The summed E-state index contributed by atoms with van der Waals surface area (Å²) >= 11 is 10.1. The fourth-order valence-corrected chi connectivity index (χ4v) is 3.43. The van der Waals surface area contributed by atoms with Gasteiger partial charge in [-0.15, -0.1) is 11.3 Å². The molecule has 0 radical (unpaired) electrons. The van der Waals surface area contributed by atoms with Gasteiger partial charge in [0.2, 0.25) is 0 Å². The number of hydrogen-bond donors (Lipinski definition) is 0. The lowest BCUT2D eigenvalue weighted by molar-refractivity contribution is -0.0372. The van der Waals surface area contributed by atoms with Crippen LogP contribution in [0.1, 0.15) is 30.9 Å². The van der Waals surface area contributed by atoms with Crippen LogP contribution in [0.2, 0.25) is 4.34 Å². The summed E-state index contributed by atoms with van der Waals surface area (Å²) < 4.78 is 7.95. The van der Waals surface area contributed by atoms with Gasteiger partial charge in [0.25, 0.3) is 0 Å². The molecule has 0 N–H and O–H groups in total. The first-order valence-corrected chi connectivity index (χ1v) is 7.54. The normalized spacial score (nSPS) is 27.9. The van der Waals surface area contributed by atoms with Crippen molar-refractivity contribution in [3.63, 3.8) is 0 Å². The second-order valence-electron chi connectivity index (χ2n) is 3.48. The molecular weight excluding hydrogens is 331 g/mol. The van der Waals surface area contributed by atoms with Gasteiger partial charge in [-0.1, -0.05) is 34.2 Å². The van der Waals surface area contributed by atoms with Gasteiger partial charge < -0.3 is 4.74 Å². The maximum atomic E-state index is 6.10. The van der Waals surface area contributed by atoms with E-state index in [2.05, 4.69) is 28.7 Å². The fourth-order valence-electron chi connectivity index (χ4n) is 1.78. The molecule has 0 aromatic carbocycles. The third kappa shape index (κ3) is 2.43. The van der Waals surface area contributed by atoms with Crippen LogP contribution in [-0.4, -0.2) is 10.5 Å². The predicted octanol–water partition coefficient (Wildman–Crippen LogP) is 4.45. The molecule has 1 saturated heterocycles. The van der Waals surface area contributed by atoms with Crippen LogP contribution in [0.4, 0.5) is 0 Å². The molecule has 0 spiro atoms. The first-order chi connectivity index (χ1) is 6.81. The predicted molar refractivity (Wildman–Crippen MR) is 69.7 cm³/mol. The minimum Gasteiger partial charge on any atom is -0.369 e. The summed E-state index contributed by atoms with van der Waals surface area (Å²) in [6.45, 7) is 0. The first-order valence-electron chi connectivity index (χ1n) is 4.75. The molecule has 4 heteroatoms. The van der Waals surface area contributed by atoms with Crippen LogP contribution in [0.25, 0.3) is 0 Å². The topological polar surface area (TPSA) is 9.23 Å². The van der Waals surface area contributed by atoms with E-state index < -0.39 is 0 Å². The van der Waals surface area contributed by atoms with Gasteiger partial charge in [-0.25, -0.2) is 0 Å². The molecule has 0 amide bonds. The second-order valence-corrected chi connectivity index (χ2v) is 5.88. The maximum Gasteiger partial charge on any atom is 0.0986 e. The largest absolute Gasteiger partial charge is 0.369 e. The van der Waals surface area contributed by atoms with Crippen molar-refractivity contribution in [3.05, 3.63) is 21.3 Å². The summed E-state index contributed by atoms with van der Waals surface area (Å²) in [5.74, 6) is 0. The Morgan fingerprint density at radius 2 is 2.43 bits per heavy atom. The van der Waals surface area contributed by atoms with E-state index in [1.807, 2.05) is 5.38 Å². The highest BCUT2D eigenvalue weighted by Gasteiger charge is 2.24. The van der Waals surface area contributed by atoms with Gasteiger partial charge in [0.15, 0.2) is 0 Å². The van der Waals surface area contributed by atoms with E-state index in [1.54, 1.807) is 11.3 Å². The molecule has 0 aliphatic carbocycles. The van der Waals surface area contributed by atoms with Crippen molar-refractivity contribution in [3.8, 4) is 0 Å². The Bertz CT molecular complexity index is 302. The lowest BCUT2D eigenvalue weighted by atomic mass is 10.0. The standard InChI is InChI=1S/C10H12ClIOS/c11-10-8(4-5-14-10)9-3-1-2-7(6-12)13-9/h4-5,7,9H,1-3,6H2. The molecular formula is C10H12ClIOS. The number of thiophene rings is 1. The monoisotopic (exact) mass is 342 g/mol. The Morgan fingerprint density at radius 1 is 1.57 bits per heavy atom. The summed E-state index contributed by atoms with van der Waals surface area (Å²) in [7, 11) is 0. The van der Waals surface area contributed by atoms with Crippen LogP contribution in [0, 0.1) is 0 Å². The van der Waals surface area contributed by atoms with Crippen LogP contribution in [0.3, 0.4) is 0 Å². The van der Waals surface area contributed by atoms with Gasteiger partial charge >= 0.3 is 0 Å². The lowest BCUT2D eigenvalue weighted by Crippen LogP contribution is -2.23. The van der Waals surface area contributed by atoms with Crippen molar-refractivity contribution in [2.24, 2.45) is 0 Å². The van der Waals surface area contributed by atoms with E-state index in [4.69, 9.17) is 16.3 Å². The van der Waals surface area contributed by atoms with E-state index in [1.165, 1.54) is 18.4 Å². The number of rotatable bonds is 2. The molecule has 1 aromatic rings. The summed E-state index contributed by atoms with van der Waals surface area (Å²) in [6, 6.07) is 2.09. The van der Waals surface area contributed by atoms with Crippen molar-refractivity contribution in [2.45, 2.75) is 31.5 Å².